The van der Waals surface area contributed by atoms with Crippen LogP contribution in [-0.4, -0.2) is 59.5 Å². The van der Waals surface area contributed by atoms with E-state index in [0.717, 1.165) is 43.5 Å². The van der Waals surface area contributed by atoms with Gasteiger partial charge in [-0.1, -0.05) is 62.4 Å². The lowest BCUT2D eigenvalue weighted by Crippen LogP contribution is -2.69. The lowest BCUT2D eigenvalue weighted by Gasteiger charge is -2.60. The quantitative estimate of drug-likeness (QED) is 0.239. The van der Waals surface area contributed by atoms with Gasteiger partial charge in [-0.05, 0) is 74.3 Å². The molecule has 4 aliphatic rings. The molecule has 0 N–H and O–H groups in total. The minimum Gasteiger partial charge on any atom is -0.487 e. The molecule has 2 aliphatic heterocycles. The molecule has 216 valence electrons. The number of hydrogen-bond acceptors (Lipinski definition) is 5. The topological polar surface area (TPSA) is 59.1 Å². The van der Waals surface area contributed by atoms with E-state index in [-0.39, 0.29) is 29.4 Å². The van der Waals surface area contributed by atoms with Crippen molar-refractivity contribution < 1.29 is 19.1 Å². The molecule has 6 rings (SSSR count). The molecule has 2 aromatic carbocycles. The molecule has 41 heavy (non-hydrogen) atoms. The highest BCUT2D eigenvalue weighted by molar-refractivity contribution is 5.92. The summed E-state index contributed by atoms with van der Waals surface area (Å²) >= 11 is 0. The van der Waals surface area contributed by atoms with Gasteiger partial charge in [0.05, 0.1) is 12.6 Å². The van der Waals surface area contributed by atoms with Crippen molar-refractivity contribution in [2.75, 3.05) is 19.6 Å². The van der Waals surface area contributed by atoms with Crippen LogP contribution in [0.25, 0.3) is 6.08 Å². The normalized spacial score (nSPS) is 27.8. The standard InChI is InChI=1S/C35H42N2O4/c1-22(2)20-37(32(39)15-12-26-9-6-8-23(3)18-26)29-14-13-28-30-19-27-10-7-11-31-33(27)35(28,34(29)41-31)16-17-36(30)21-24(4)40-25(5)38/h6-12,15,18,22,28-30,34H,4,13-14,16-17,19-21H2,1-3,5H3/t28-,29-,30+,34-,35-/m0/s1. The van der Waals surface area contributed by atoms with Crippen molar-refractivity contribution in [3.8, 4) is 5.75 Å². The van der Waals surface area contributed by atoms with Gasteiger partial charge in [0, 0.05) is 36.6 Å². The van der Waals surface area contributed by atoms with E-state index in [1.165, 1.54) is 23.6 Å². The van der Waals surface area contributed by atoms with Gasteiger partial charge in [-0.15, -0.1) is 0 Å². The molecule has 2 bridgehead atoms. The summed E-state index contributed by atoms with van der Waals surface area (Å²) in [6.45, 7) is 14.0. The van der Waals surface area contributed by atoms with Gasteiger partial charge in [-0.25, -0.2) is 0 Å². The Morgan fingerprint density at radius 3 is 2.78 bits per heavy atom. The summed E-state index contributed by atoms with van der Waals surface area (Å²) in [5.41, 5.74) is 4.85. The summed E-state index contributed by atoms with van der Waals surface area (Å²) in [5.74, 6) is 2.01. The van der Waals surface area contributed by atoms with Crippen LogP contribution in [-0.2, 0) is 26.2 Å². The summed E-state index contributed by atoms with van der Waals surface area (Å²) in [5, 5.41) is 0. The fourth-order valence-corrected chi connectivity index (χ4v) is 8.37. The number of amides is 1. The predicted molar refractivity (Wildman–Crippen MR) is 160 cm³/mol. The molecule has 0 unspecified atom stereocenters. The summed E-state index contributed by atoms with van der Waals surface area (Å²) in [4.78, 5) is 30.1. The van der Waals surface area contributed by atoms with Gasteiger partial charge in [0.25, 0.3) is 0 Å². The Kier molecular flexibility index (Phi) is 7.31. The van der Waals surface area contributed by atoms with E-state index in [1.807, 2.05) is 18.2 Å². The zero-order valence-electron chi connectivity index (χ0n) is 24.8. The average molecular weight is 555 g/mol. The third-order valence-electron chi connectivity index (χ3n) is 9.67. The molecule has 1 saturated carbocycles. The van der Waals surface area contributed by atoms with Crippen molar-refractivity contribution in [1.82, 2.24) is 9.80 Å². The first kappa shape index (κ1) is 27.8. The van der Waals surface area contributed by atoms with Gasteiger partial charge in [0.1, 0.15) is 17.6 Å². The molecule has 2 aliphatic carbocycles. The van der Waals surface area contributed by atoms with Gasteiger partial charge in [-0.2, -0.15) is 0 Å². The van der Waals surface area contributed by atoms with Crippen LogP contribution < -0.4 is 4.74 Å². The minimum atomic E-state index is -0.321. The molecule has 1 amide bonds. The number of rotatable bonds is 8. The number of carbonyl (C=O) groups is 2. The fraction of sp³-hybridized carbons (Fsp3) is 0.486. The van der Waals surface area contributed by atoms with E-state index in [9.17, 15) is 9.59 Å². The van der Waals surface area contributed by atoms with Gasteiger partial charge >= 0.3 is 5.97 Å². The third kappa shape index (κ3) is 4.90. The second-order valence-electron chi connectivity index (χ2n) is 12.9. The predicted octanol–water partition coefficient (Wildman–Crippen LogP) is 5.68. The number of carbonyl (C=O) groups excluding carboxylic acids is 2. The van der Waals surface area contributed by atoms with Crippen LogP contribution in [0.15, 0.2) is 60.9 Å². The average Bonchev–Trinajstić information content (AvgIpc) is 3.26. The lowest BCUT2D eigenvalue weighted by atomic mass is 9.51. The lowest BCUT2D eigenvalue weighted by molar-refractivity contribution is -0.140. The molecule has 2 fully saturated rings. The monoisotopic (exact) mass is 554 g/mol. The van der Waals surface area contributed by atoms with E-state index in [4.69, 9.17) is 9.47 Å². The Labute approximate surface area is 244 Å². The molecule has 1 spiro atoms. The van der Waals surface area contributed by atoms with Crippen molar-refractivity contribution in [2.24, 2.45) is 11.8 Å². The molecule has 5 atom stereocenters. The number of nitrogens with zero attached hydrogens (tertiary/aromatic N) is 2. The highest BCUT2D eigenvalue weighted by Crippen LogP contribution is 2.62. The van der Waals surface area contributed by atoms with E-state index in [2.05, 4.69) is 67.5 Å². The Bertz CT molecular complexity index is 1400. The highest BCUT2D eigenvalue weighted by Gasteiger charge is 2.66. The Morgan fingerprint density at radius 1 is 1.22 bits per heavy atom. The zero-order chi connectivity index (χ0) is 28.9. The molecule has 0 aromatic heterocycles. The maximum Gasteiger partial charge on any atom is 0.307 e. The molecule has 2 aromatic rings. The Hall–Kier alpha value is -3.38. The maximum absolute atomic E-state index is 13.9. The van der Waals surface area contributed by atoms with E-state index >= 15 is 0 Å². The van der Waals surface area contributed by atoms with Crippen LogP contribution >= 0.6 is 0 Å². The van der Waals surface area contributed by atoms with Crippen LogP contribution in [0.5, 0.6) is 5.75 Å². The van der Waals surface area contributed by atoms with Crippen molar-refractivity contribution in [3.05, 3.63) is 83.1 Å². The molecular formula is C35H42N2O4. The number of likely N-dealkylation sites (tertiary alicyclic amines) is 1. The first-order valence-corrected chi connectivity index (χ1v) is 15.1. The summed E-state index contributed by atoms with van der Waals surface area (Å²) in [7, 11) is 0. The number of hydrogen-bond donors (Lipinski definition) is 0. The van der Waals surface area contributed by atoms with E-state index in [1.54, 1.807) is 6.08 Å². The second kappa shape index (κ2) is 10.8. The van der Waals surface area contributed by atoms with Crippen molar-refractivity contribution in [2.45, 2.75) is 77.0 Å². The van der Waals surface area contributed by atoms with Crippen LogP contribution in [0.2, 0.25) is 0 Å². The van der Waals surface area contributed by atoms with Gasteiger partial charge in [0.15, 0.2) is 0 Å². The molecule has 6 nitrogen and oxygen atoms in total. The molecule has 0 radical (unpaired) electrons. The first-order valence-electron chi connectivity index (χ1n) is 15.1. The number of benzene rings is 2. The molecular weight excluding hydrogens is 512 g/mol. The van der Waals surface area contributed by atoms with E-state index < -0.39 is 0 Å². The smallest absolute Gasteiger partial charge is 0.307 e. The first-order chi connectivity index (χ1) is 19.7. The number of ether oxygens (including phenoxy) is 2. The van der Waals surface area contributed by atoms with Crippen LogP contribution in [0.1, 0.15) is 62.3 Å². The minimum absolute atomic E-state index is 0.00451. The van der Waals surface area contributed by atoms with Crippen LogP contribution in [0.3, 0.4) is 0 Å². The van der Waals surface area contributed by atoms with Crippen molar-refractivity contribution in [1.29, 1.82) is 0 Å². The molecule has 2 heterocycles. The number of esters is 1. The van der Waals surface area contributed by atoms with Gasteiger partial charge in [0.2, 0.25) is 5.91 Å². The number of aryl methyl sites for hydroxylation is 1. The third-order valence-corrected chi connectivity index (χ3v) is 9.67. The van der Waals surface area contributed by atoms with Gasteiger partial charge < -0.3 is 14.4 Å². The van der Waals surface area contributed by atoms with Crippen molar-refractivity contribution >= 4 is 18.0 Å². The Morgan fingerprint density at radius 2 is 2.02 bits per heavy atom. The van der Waals surface area contributed by atoms with Crippen LogP contribution in [0, 0.1) is 18.8 Å². The fourth-order valence-electron chi connectivity index (χ4n) is 8.37. The van der Waals surface area contributed by atoms with E-state index in [0.29, 0.717) is 36.7 Å². The molecule has 1 saturated heterocycles. The highest BCUT2D eigenvalue weighted by atomic mass is 16.5. The number of piperidine rings is 1. The second-order valence-corrected chi connectivity index (χ2v) is 12.9. The SMILES string of the molecule is C=C(CN1CC[C@]23c4c5cccc4O[C@H]2[C@@H](N(CC(C)C)C(=O)C=Cc2cccc(C)c2)CC[C@H]3[C@H]1C5)OC(C)=O. The zero-order valence-corrected chi connectivity index (χ0v) is 24.8. The van der Waals surface area contributed by atoms with Gasteiger partial charge in [-0.3, -0.25) is 14.5 Å². The summed E-state index contributed by atoms with van der Waals surface area (Å²) < 4.78 is 12.3. The molecule has 6 heteroatoms. The van der Waals surface area contributed by atoms with Crippen molar-refractivity contribution in [3.63, 3.8) is 0 Å². The Balaban J connectivity index is 1.33. The maximum atomic E-state index is 13.9. The summed E-state index contributed by atoms with van der Waals surface area (Å²) in [6.07, 6.45) is 7.47. The largest absolute Gasteiger partial charge is 0.487 e. The summed E-state index contributed by atoms with van der Waals surface area (Å²) in [6, 6.07) is 15.1. The van der Waals surface area contributed by atoms with Crippen LogP contribution in [0.4, 0.5) is 0 Å².